The van der Waals surface area contributed by atoms with E-state index in [1.807, 2.05) is 12.2 Å². The minimum atomic E-state index is 0.334. The van der Waals surface area contributed by atoms with Crippen LogP contribution in [0.3, 0.4) is 0 Å². The second-order valence-corrected chi connectivity index (χ2v) is 2.50. The summed E-state index contributed by atoms with van der Waals surface area (Å²) in [6.45, 7) is 7.45. The molecule has 0 spiro atoms. The lowest BCUT2D eigenvalue weighted by Gasteiger charge is -1.95. The van der Waals surface area contributed by atoms with Gasteiger partial charge in [0.05, 0.1) is 5.76 Å². The van der Waals surface area contributed by atoms with Gasteiger partial charge >= 0.3 is 0 Å². The molecule has 0 saturated carbocycles. The quantitative estimate of drug-likeness (QED) is 0.483. The molecule has 0 aromatic carbocycles. The van der Waals surface area contributed by atoms with E-state index in [9.17, 15) is 0 Å². The van der Waals surface area contributed by atoms with E-state index < -0.39 is 0 Å². The topological polar surface area (TPSA) is 20.2 Å². The van der Waals surface area contributed by atoms with E-state index in [0.717, 1.165) is 12.8 Å². The Kier molecular flexibility index (Phi) is 5.26. The summed E-state index contributed by atoms with van der Waals surface area (Å²) < 4.78 is 0. The van der Waals surface area contributed by atoms with Crippen LogP contribution in [0.15, 0.2) is 36.1 Å². The number of allylic oxidation sites excluding steroid dienone is 5. The average molecular weight is 152 g/mol. The molecule has 1 nitrogen and oxygen atoms in total. The molecule has 11 heavy (non-hydrogen) atoms. The lowest BCUT2D eigenvalue weighted by molar-refractivity contribution is 0.414. The minimum Gasteiger partial charge on any atom is -0.513 e. The first-order valence-corrected chi connectivity index (χ1v) is 3.89. The maximum Gasteiger partial charge on any atom is 0.0891 e. The number of rotatable bonds is 4. The molecule has 0 amide bonds. The highest BCUT2D eigenvalue weighted by atomic mass is 16.3. The molecule has 0 rings (SSSR count). The van der Waals surface area contributed by atoms with Gasteiger partial charge in [0.1, 0.15) is 0 Å². The lowest BCUT2D eigenvalue weighted by atomic mass is 10.1. The van der Waals surface area contributed by atoms with Gasteiger partial charge in [-0.1, -0.05) is 32.1 Å². The number of aliphatic hydroxyl groups excluding tert-OH is 1. The molecule has 0 aliphatic rings. The fourth-order valence-corrected chi connectivity index (χ4v) is 0.770. The van der Waals surface area contributed by atoms with Crippen LogP contribution >= 0.6 is 0 Å². The Balaban J connectivity index is 4.11. The second kappa shape index (κ2) is 5.78. The van der Waals surface area contributed by atoms with E-state index in [0.29, 0.717) is 5.76 Å². The summed E-state index contributed by atoms with van der Waals surface area (Å²) in [5, 5.41) is 8.85. The molecule has 0 aliphatic carbocycles. The fourth-order valence-electron chi connectivity index (χ4n) is 0.770. The summed E-state index contributed by atoms with van der Waals surface area (Å²) >= 11 is 0. The van der Waals surface area contributed by atoms with Gasteiger partial charge in [0.15, 0.2) is 0 Å². The van der Waals surface area contributed by atoms with Crippen molar-refractivity contribution in [1.29, 1.82) is 0 Å². The third-order valence-corrected chi connectivity index (χ3v) is 1.34. The van der Waals surface area contributed by atoms with Crippen molar-refractivity contribution in [2.45, 2.75) is 26.7 Å². The average Bonchev–Trinajstić information content (AvgIpc) is 1.97. The van der Waals surface area contributed by atoms with Crippen molar-refractivity contribution in [3.05, 3.63) is 36.1 Å². The van der Waals surface area contributed by atoms with Crippen LogP contribution in [0.5, 0.6) is 0 Å². The smallest absolute Gasteiger partial charge is 0.0891 e. The molecule has 0 atom stereocenters. The van der Waals surface area contributed by atoms with E-state index in [2.05, 4.69) is 13.5 Å². The zero-order chi connectivity index (χ0) is 8.69. The molecular weight excluding hydrogens is 136 g/mol. The van der Waals surface area contributed by atoms with Crippen LogP contribution in [0, 0.1) is 0 Å². The highest BCUT2D eigenvalue weighted by Crippen LogP contribution is 2.05. The van der Waals surface area contributed by atoms with Crippen LogP contribution in [0.25, 0.3) is 0 Å². The molecule has 0 aliphatic heterocycles. The molecule has 0 unspecified atom stereocenters. The van der Waals surface area contributed by atoms with Gasteiger partial charge in [0.25, 0.3) is 0 Å². The van der Waals surface area contributed by atoms with Crippen LogP contribution in [0.1, 0.15) is 26.7 Å². The molecule has 0 heterocycles. The van der Waals surface area contributed by atoms with Crippen LogP contribution in [-0.4, -0.2) is 5.11 Å². The molecule has 0 radical (unpaired) electrons. The van der Waals surface area contributed by atoms with E-state index in [-0.39, 0.29) is 0 Å². The third-order valence-electron chi connectivity index (χ3n) is 1.34. The maximum atomic E-state index is 8.85. The van der Waals surface area contributed by atoms with Crippen molar-refractivity contribution in [2.75, 3.05) is 0 Å². The molecule has 0 aromatic heterocycles. The minimum absolute atomic E-state index is 0.334. The van der Waals surface area contributed by atoms with E-state index in [4.69, 9.17) is 5.11 Å². The Bertz CT molecular complexity index is 171. The molecule has 0 bridgehead atoms. The molecule has 0 fully saturated rings. The summed E-state index contributed by atoms with van der Waals surface area (Å²) in [7, 11) is 0. The summed E-state index contributed by atoms with van der Waals surface area (Å²) in [6.07, 6.45) is 7.53. The maximum absolute atomic E-state index is 8.85. The first-order chi connectivity index (χ1) is 5.20. The van der Waals surface area contributed by atoms with Gasteiger partial charge < -0.3 is 5.11 Å². The summed E-state index contributed by atoms with van der Waals surface area (Å²) in [5.41, 5.74) is 1.17. The van der Waals surface area contributed by atoms with Crippen molar-refractivity contribution in [1.82, 2.24) is 0 Å². The molecule has 1 heteroatoms. The molecule has 62 valence electrons. The summed E-state index contributed by atoms with van der Waals surface area (Å²) in [6, 6.07) is 0. The fraction of sp³-hybridized carbons (Fsp3) is 0.400. The standard InChI is InChI=1S/C10H16O/c1-4-6-10(5-2)8-7-9(3)11/h5,7-8,11H,2,4,6H2,1,3H3/b9-7+,10-8+. The molecule has 0 saturated heterocycles. The summed E-state index contributed by atoms with van der Waals surface area (Å²) in [5.74, 6) is 0.334. The first-order valence-electron chi connectivity index (χ1n) is 3.89. The Labute approximate surface area is 68.7 Å². The van der Waals surface area contributed by atoms with Crippen molar-refractivity contribution in [3.8, 4) is 0 Å². The van der Waals surface area contributed by atoms with Gasteiger partial charge in [-0.05, 0) is 25.0 Å². The summed E-state index contributed by atoms with van der Waals surface area (Å²) in [4.78, 5) is 0. The zero-order valence-corrected chi connectivity index (χ0v) is 7.30. The Morgan fingerprint density at radius 1 is 1.45 bits per heavy atom. The van der Waals surface area contributed by atoms with Crippen molar-refractivity contribution in [3.63, 3.8) is 0 Å². The van der Waals surface area contributed by atoms with E-state index in [1.165, 1.54) is 5.57 Å². The number of aliphatic hydroxyl groups is 1. The third kappa shape index (κ3) is 5.46. The van der Waals surface area contributed by atoms with Crippen LogP contribution in [0.2, 0.25) is 0 Å². The lowest BCUT2D eigenvalue weighted by Crippen LogP contribution is -1.76. The van der Waals surface area contributed by atoms with Crippen LogP contribution < -0.4 is 0 Å². The van der Waals surface area contributed by atoms with Crippen molar-refractivity contribution >= 4 is 0 Å². The van der Waals surface area contributed by atoms with Gasteiger partial charge in [-0.3, -0.25) is 0 Å². The normalized spacial score (nSPS) is 13.3. The number of hydrogen-bond acceptors (Lipinski definition) is 1. The van der Waals surface area contributed by atoms with Gasteiger partial charge in [0.2, 0.25) is 0 Å². The van der Waals surface area contributed by atoms with E-state index >= 15 is 0 Å². The highest BCUT2D eigenvalue weighted by Gasteiger charge is 1.86. The van der Waals surface area contributed by atoms with Crippen LogP contribution in [-0.2, 0) is 0 Å². The van der Waals surface area contributed by atoms with Gasteiger partial charge in [-0.15, -0.1) is 0 Å². The van der Waals surface area contributed by atoms with Crippen molar-refractivity contribution in [2.24, 2.45) is 0 Å². The second-order valence-electron chi connectivity index (χ2n) is 2.50. The van der Waals surface area contributed by atoms with E-state index in [1.54, 1.807) is 13.0 Å². The molecule has 1 N–H and O–H groups in total. The first kappa shape index (κ1) is 10.0. The highest BCUT2D eigenvalue weighted by molar-refractivity contribution is 5.22. The van der Waals surface area contributed by atoms with Gasteiger partial charge in [0, 0.05) is 0 Å². The Morgan fingerprint density at radius 3 is 2.45 bits per heavy atom. The number of hydrogen-bond donors (Lipinski definition) is 1. The Morgan fingerprint density at radius 2 is 2.09 bits per heavy atom. The molecule has 0 aromatic rings. The zero-order valence-electron chi connectivity index (χ0n) is 7.30. The predicted molar refractivity (Wildman–Crippen MR) is 49.6 cm³/mol. The monoisotopic (exact) mass is 152 g/mol. The van der Waals surface area contributed by atoms with Gasteiger partial charge in [-0.25, -0.2) is 0 Å². The van der Waals surface area contributed by atoms with Gasteiger partial charge in [-0.2, -0.15) is 0 Å². The Hall–Kier alpha value is -0.980. The molecular formula is C10H16O. The largest absolute Gasteiger partial charge is 0.513 e. The van der Waals surface area contributed by atoms with Crippen LogP contribution in [0.4, 0.5) is 0 Å². The van der Waals surface area contributed by atoms with Crippen molar-refractivity contribution < 1.29 is 5.11 Å². The predicted octanol–water partition coefficient (Wildman–Crippen LogP) is 3.36. The SMILES string of the molecule is C=C/C(=C\C=C(/C)O)CCC.